The van der Waals surface area contributed by atoms with E-state index >= 15 is 0 Å². The van der Waals surface area contributed by atoms with Crippen molar-refractivity contribution in [1.29, 1.82) is 0 Å². The van der Waals surface area contributed by atoms with Gasteiger partial charge in [0.2, 0.25) is 0 Å². The maximum atomic E-state index is 11.1. The molecule has 0 unspecified atom stereocenters. The lowest BCUT2D eigenvalue weighted by Crippen LogP contribution is -2.01. The topological polar surface area (TPSA) is 92.5 Å². The van der Waals surface area contributed by atoms with Crippen molar-refractivity contribution in [1.82, 2.24) is 0 Å². The van der Waals surface area contributed by atoms with Gasteiger partial charge in [-0.05, 0) is 36.8 Å². The number of aryl methyl sites for hydroxylation is 1. The minimum absolute atomic E-state index is 0.144. The van der Waals surface area contributed by atoms with Gasteiger partial charge in [-0.3, -0.25) is 10.1 Å². The first kappa shape index (κ1) is 14.8. The molecule has 0 radical (unpaired) electrons. The number of nitrogens with zero attached hydrogens (tertiary/aromatic N) is 1. The zero-order chi connectivity index (χ0) is 15.6. The molecular weight excluding hydrogens is 296 g/mol. The number of nitrogens with one attached hydrogen (secondary N) is 1. The van der Waals surface area contributed by atoms with Gasteiger partial charge >= 0.3 is 5.97 Å². The molecule has 2 N–H and O–H groups in total. The predicted molar refractivity (Wildman–Crippen MR) is 79.5 cm³/mol. The zero-order valence-corrected chi connectivity index (χ0v) is 11.7. The summed E-state index contributed by atoms with van der Waals surface area (Å²) >= 11 is 6.00. The Labute approximate surface area is 125 Å². The maximum Gasteiger partial charge on any atom is 0.335 e. The fraction of sp³-hybridized carbons (Fsp3) is 0.0714. The summed E-state index contributed by atoms with van der Waals surface area (Å²) in [5.41, 5.74) is 1.21. The summed E-state index contributed by atoms with van der Waals surface area (Å²) in [6.07, 6.45) is 0. The Morgan fingerprint density at radius 2 is 2.00 bits per heavy atom. The average molecular weight is 307 g/mol. The molecule has 0 aliphatic carbocycles. The van der Waals surface area contributed by atoms with E-state index in [1.165, 1.54) is 12.1 Å². The van der Waals surface area contributed by atoms with Gasteiger partial charge in [-0.15, -0.1) is 0 Å². The third-order valence-electron chi connectivity index (χ3n) is 2.89. The number of hydrogen-bond donors (Lipinski definition) is 2. The molecule has 0 saturated carbocycles. The number of halogens is 1. The molecule has 108 valence electrons. The van der Waals surface area contributed by atoms with Gasteiger partial charge < -0.3 is 10.4 Å². The monoisotopic (exact) mass is 306 g/mol. The van der Waals surface area contributed by atoms with Crippen LogP contribution in [0.4, 0.5) is 17.1 Å². The summed E-state index contributed by atoms with van der Waals surface area (Å²) in [7, 11) is 0. The van der Waals surface area contributed by atoms with Gasteiger partial charge in [0.05, 0.1) is 10.5 Å². The zero-order valence-electron chi connectivity index (χ0n) is 11.0. The molecule has 0 fully saturated rings. The number of carbonyl (C=O) groups is 1. The van der Waals surface area contributed by atoms with Crippen LogP contribution in [0.25, 0.3) is 0 Å². The Morgan fingerprint density at radius 1 is 1.29 bits per heavy atom. The highest BCUT2D eigenvalue weighted by Gasteiger charge is 2.17. The lowest BCUT2D eigenvalue weighted by Gasteiger charge is -2.09. The molecule has 0 bridgehead atoms. The summed E-state index contributed by atoms with van der Waals surface area (Å²) in [5, 5.41) is 23.3. The number of carboxylic acid groups (broad SMARTS) is 1. The quantitative estimate of drug-likeness (QED) is 0.658. The molecule has 0 atom stereocenters. The van der Waals surface area contributed by atoms with Crippen LogP contribution in [0.15, 0.2) is 36.4 Å². The highest BCUT2D eigenvalue weighted by Crippen LogP contribution is 2.30. The Kier molecular flexibility index (Phi) is 4.09. The van der Waals surface area contributed by atoms with Gasteiger partial charge in [0.25, 0.3) is 5.69 Å². The van der Waals surface area contributed by atoms with Gasteiger partial charge in [-0.2, -0.15) is 0 Å². The smallest absolute Gasteiger partial charge is 0.335 e. The standard InChI is InChI=1S/C14H11ClN2O4/c1-8-2-4-10(7-11(8)15)16-12-5-3-9(14(18)19)6-13(12)17(20)21/h2-7,16H,1H3,(H,18,19). The van der Waals surface area contributed by atoms with E-state index in [4.69, 9.17) is 16.7 Å². The fourth-order valence-electron chi connectivity index (χ4n) is 1.75. The molecule has 7 heteroatoms. The summed E-state index contributed by atoms with van der Waals surface area (Å²) in [5.74, 6) is -1.22. The summed E-state index contributed by atoms with van der Waals surface area (Å²) in [6, 6.07) is 8.83. The molecule has 2 rings (SSSR count). The van der Waals surface area contributed by atoms with E-state index in [-0.39, 0.29) is 16.9 Å². The maximum absolute atomic E-state index is 11.1. The van der Waals surface area contributed by atoms with Gasteiger partial charge in [0.1, 0.15) is 5.69 Å². The average Bonchev–Trinajstić information content (AvgIpc) is 2.43. The van der Waals surface area contributed by atoms with E-state index in [1.807, 2.05) is 6.92 Å². The number of hydrogen-bond acceptors (Lipinski definition) is 4. The molecule has 0 saturated heterocycles. The molecule has 0 amide bonds. The minimum Gasteiger partial charge on any atom is -0.478 e. The van der Waals surface area contributed by atoms with Crippen LogP contribution >= 0.6 is 11.6 Å². The lowest BCUT2D eigenvalue weighted by atomic mass is 10.1. The van der Waals surface area contributed by atoms with Crippen molar-refractivity contribution in [2.75, 3.05) is 5.32 Å². The Balaban J connectivity index is 2.41. The molecular formula is C14H11ClN2O4. The van der Waals surface area contributed by atoms with Crippen LogP contribution in [-0.2, 0) is 0 Å². The Hall–Kier alpha value is -2.60. The largest absolute Gasteiger partial charge is 0.478 e. The highest BCUT2D eigenvalue weighted by atomic mass is 35.5. The number of aromatic carboxylic acids is 1. The van der Waals surface area contributed by atoms with Crippen LogP contribution in [-0.4, -0.2) is 16.0 Å². The third-order valence-corrected chi connectivity index (χ3v) is 3.30. The van der Waals surface area contributed by atoms with Crippen LogP contribution in [0, 0.1) is 17.0 Å². The predicted octanol–water partition coefficient (Wildman–Crippen LogP) is 4.00. The number of nitro benzene ring substituents is 1. The number of benzene rings is 2. The van der Waals surface area contributed by atoms with Crippen molar-refractivity contribution in [3.63, 3.8) is 0 Å². The van der Waals surface area contributed by atoms with E-state index in [1.54, 1.807) is 18.2 Å². The van der Waals surface area contributed by atoms with Crippen LogP contribution < -0.4 is 5.32 Å². The second-order valence-electron chi connectivity index (χ2n) is 4.38. The first-order valence-corrected chi connectivity index (χ1v) is 6.31. The van der Waals surface area contributed by atoms with Gasteiger partial charge in [0, 0.05) is 16.8 Å². The number of anilines is 2. The van der Waals surface area contributed by atoms with Crippen molar-refractivity contribution in [3.8, 4) is 0 Å². The van der Waals surface area contributed by atoms with E-state index < -0.39 is 10.9 Å². The van der Waals surface area contributed by atoms with Crippen LogP contribution in [0.2, 0.25) is 5.02 Å². The second kappa shape index (κ2) is 5.80. The van der Waals surface area contributed by atoms with Gasteiger partial charge in [-0.1, -0.05) is 17.7 Å². The second-order valence-corrected chi connectivity index (χ2v) is 4.79. The van der Waals surface area contributed by atoms with Crippen molar-refractivity contribution in [2.45, 2.75) is 6.92 Å². The van der Waals surface area contributed by atoms with E-state index in [0.717, 1.165) is 11.6 Å². The van der Waals surface area contributed by atoms with Crippen molar-refractivity contribution < 1.29 is 14.8 Å². The van der Waals surface area contributed by atoms with E-state index in [2.05, 4.69) is 5.32 Å². The van der Waals surface area contributed by atoms with Crippen LogP contribution in [0.1, 0.15) is 15.9 Å². The van der Waals surface area contributed by atoms with Crippen LogP contribution in [0.3, 0.4) is 0 Å². The molecule has 0 spiro atoms. The molecule has 6 nitrogen and oxygen atoms in total. The molecule has 0 aromatic heterocycles. The Bertz CT molecular complexity index is 731. The van der Waals surface area contributed by atoms with Crippen LogP contribution in [0.5, 0.6) is 0 Å². The third kappa shape index (κ3) is 3.29. The lowest BCUT2D eigenvalue weighted by molar-refractivity contribution is -0.383. The van der Waals surface area contributed by atoms with Gasteiger partial charge in [0.15, 0.2) is 0 Å². The molecule has 2 aromatic carbocycles. The molecule has 0 aliphatic heterocycles. The van der Waals surface area contributed by atoms with Crippen molar-refractivity contribution in [2.24, 2.45) is 0 Å². The van der Waals surface area contributed by atoms with Crippen molar-refractivity contribution in [3.05, 3.63) is 62.7 Å². The number of rotatable bonds is 4. The number of nitro groups is 1. The molecule has 2 aromatic rings. The van der Waals surface area contributed by atoms with E-state index in [0.29, 0.717) is 10.7 Å². The Morgan fingerprint density at radius 3 is 2.57 bits per heavy atom. The first-order chi connectivity index (χ1) is 9.88. The fourth-order valence-corrected chi connectivity index (χ4v) is 1.93. The summed E-state index contributed by atoms with van der Waals surface area (Å²) in [4.78, 5) is 21.3. The minimum atomic E-state index is -1.22. The summed E-state index contributed by atoms with van der Waals surface area (Å²) in [6.45, 7) is 1.84. The normalized spacial score (nSPS) is 10.2. The van der Waals surface area contributed by atoms with Gasteiger partial charge in [-0.25, -0.2) is 4.79 Å². The van der Waals surface area contributed by atoms with E-state index in [9.17, 15) is 14.9 Å². The molecule has 0 heterocycles. The molecule has 0 aliphatic rings. The molecule has 21 heavy (non-hydrogen) atoms. The number of carboxylic acids is 1. The summed E-state index contributed by atoms with van der Waals surface area (Å²) < 4.78 is 0. The van der Waals surface area contributed by atoms with Crippen molar-refractivity contribution >= 4 is 34.6 Å². The first-order valence-electron chi connectivity index (χ1n) is 5.93. The SMILES string of the molecule is Cc1ccc(Nc2ccc(C(=O)O)cc2[N+](=O)[O-])cc1Cl. The highest BCUT2D eigenvalue weighted by molar-refractivity contribution is 6.31.